The van der Waals surface area contributed by atoms with Crippen LogP contribution in [0.3, 0.4) is 0 Å². The standard InChI is InChI=1S/C37H43N.C9H14S/c1-9-13-15-23-31(22-14-10-2)38(36-25-18-21-30-20-16-17-24-34(30)36)28(5)26-27-33-29(6)37(7,8)35(19-11-3)32(33)12-4;1-4-5-6-7-9(2)8-10-3/h1,11,13,15-21,23-27H,6,10,12,14,22H2,2-5,7-8H3;4-7H,1,8H2,2-3H3/b15-13-,19-11-,28-26+,31-23+,33-27+;6-5-,9-7-. The zero-order valence-corrected chi connectivity index (χ0v) is 31.6. The summed E-state index contributed by atoms with van der Waals surface area (Å²) in [6, 6.07) is 15.1. The SMILES string of the molecule is C#C/C=C\C=C(/CCCC)N(/C(C)=C/C=C1\C(=C)C(C)(C)C(/C=C\C)=C1CC)c1cccc2ccccc12.C=C/C=C\C=C(\C)CSC. The number of fused-ring (bicyclic) bond motifs is 1. The zero-order chi connectivity index (χ0) is 35.5. The molecule has 1 aliphatic carbocycles. The van der Waals surface area contributed by atoms with E-state index in [1.807, 2.05) is 30.0 Å². The van der Waals surface area contributed by atoms with Crippen LogP contribution in [0.2, 0.25) is 0 Å². The molecule has 0 aliphatic heterocycles. The fourth-order valence-electron chi connectivity index (χ4n) is 5.93. The number of anilines is 1. The minimum absolute atomic E-state index is 0.0764. The quantitative estimate of drug-likeness (QED) is 0.147. The van der Waals surface area contributed by atoms with Gasteiger partial charge in [-0.05, 0) is 98.3 Å². The van der Waals surface area contributed by atoms with E-state index in [4.69, 9.17) is 6.42 Å². The Morgan fingerprint density at radius 1 is 1.00 bits per heavy atom. The van der Waals surface area contributed by atoms with Crippen molar-refractivity contribution in [2.24, 2.45) is 5.41 Å². The first kappa shape index (κ1) is 40.0. The molecular weight excluding hydrogens is 599 g/mol. The second-order valence-corrected chi connectivity index (χ2v) is 13.3. The van der Waals surface area contributed by atoms with Crippen LogP contribution in [0, 0.1) is 17.8 Å². The molecule has 1 aliphatic rings. The number of hydrogen-bond donors (Lipinski definition) is 0. The Morgan fingerprint density at radius 3 is 2.38 bits per heavy atom. The molecule has 0 fully saturated rings. The van der Waals surface area contributed by atoms with Crippen molar-refractivity contribution in [1.29, 1.82) is 0 Å². The minimum atomic E-state index is -0.0764. The van der Waals surface area contributed by atoms with Gasteiger partial charge in [-0.25, -0.2) is 0 Å². The lowest BCUT2D eigenvalue weighted by molar-refractivity contribution is 0.580. The van der Waals surface area contributed by atoms with Crippen molar-refractivity contribution in [3.05, 3.63) is 162 Å². The highest BCUT2D eigenvalue weighted by Crippen LogP contribution is 2.50. The third-order valence-corrected chi connectivity index (χ3v) is 9.24. The van der Waals surface area contributed by atoms with Gasteiger partial charge in [0.15, 0.2) is 0 Å². The Balaban J connectivity index is 0.000000692. The van der Waals surface area contributed by atoms with E-state index < -0.39 is 0 Å². The second-order valence-electron chi connectivity index (χ2n) is 12.4. The predicted molar refractivity (Wildman–Crippen MR) is 220 cm³/mol. The molecule has 0 N–H and O–H groups in total. The molecule has 48 heavy (non-hydrogen) atoms. The van der Waals surface area contributed by atoms with E-state index in [0.29, 0.717) is 0 Å². The number of terminal acetylenes is 1. The van der Waals surface area contributed by atoms with Crippen LogP contribution in [0.5, 0.6) is 0 Å². The molecule has 0 atom stereocenters. The number of benzene rings is 2. The van der Waals surface area contributed by atoms with E-state index in [0.717, 1.165) is 37.1 Å². The normalized spacial score (nSPS) is 16.4. The topological polar surface area (TPSA) is 3.24 Å². The minimum Gasteiger partial charge on any atom is -0.318 e. The molecule has 0 bridgehead atoms. The molecule has 0 aromatic heterocycles. The first-order valence-corrected chi connectivity index (χ1v) is 18.5. The van der Waals surface area contributed by atoms with Crippen molar-refractivity contribution >= 4 is 28.2 Å². The van der Waals surface area contributed by atoms with Crippen molar-refractivity contribution < 1.29 is 0 Å². The maximum absolute atomic E-state index is 5.53. The molecule has 3 rings (SSSR count). The summed E-state index contributed by atoms with van der Waals surface area (Å²) in [6.07, 6.45) is 34.5. The van der Waals surface area contributed by atoms with Gasteiger partial charge < -0.3 is 4.90 Å². The number of unbranched alkanes of at least 4 members (excludes halogenated alkanes) is 1. The van der Waals surface area contributed by atoms with Crippen LogP contribution >= 0.6 is 11.8 Å². The fraction of sp³-hybridized carbons (Fsp3) is 0.304. The fourth-order valence-corrected chi connectivity index (χ4v) is 6.48. The Bertz CT molecular complexity index is 1680. The van der Waals surface area contributed by atoms with Gasteiger partial charge in [-0.1, -0.05) is 144 Å². The Kier molecular flexibility index (Phi) is 17.4. The Hall–Kier alpha value is -4.19. The van der Waals surface area contributed by atoms with Gasteiger partial charge >= 0.3 is 0 Å². The van der Waals surface area contributed by atoms with Crippen molar-refractivity contribution in [2.45, 2.75) is 74.1 Å². The average Bonchev–Trinajstić information content (AvgIpc) is 3.26. The van der Waals surface area contributed by atoms with Crippen molar-refractivity contribution in [3.8, 4) is 12.3 Å². The number of thioether (sulfide) groups is 1. The largest absolute Gasteiger partial charge is 0.318 e. The first-order chi connectivity index (χ1) is 23.1. The predicted octanol–water partition coefficient (Wildman–Crippen LogP) is 13.7. The molecule has 252 valence electrons. The summed E-state index contributed by atoms with van der Waals surface area (Å²) in [5.41, 5.74) is 10.1. The van der Waals surface area contributed by atoms with Crippen LogP contribution < -0.4 is 4.90 Å². The molecule has 1 nitrogen and oxygen atoms in total. The average molecular weight is 656 g/mol. The van der Waals surface area contributed by atoms with Crippen LogP contribution in [0.4, 0.5) is 5.69 Å². The lowest BCUT2D eigenvalue weighted by Gasteiger charge is -2.30. The lowest BCUT2D eigenvalue weighted by Crippen LogP contribution is -2.21. The second kappa shape index (κ2) is 20.9. The summed E-state index contributed by atoms with van der Waals surface area (Å²) in [5, 5.41) is 2.46. The van der Waals surface area contributed by atoms with Gasteiger partial charge in [0.25, 0.3) is 0 Å². The summed E-state index contributed by atoms with van der Waals surface area (Å²) >= 11 is 1.84. The number of rotatable bonds is 14. The van der Waals surface area contributed by atoms with Crippen molar-refractivity contribution in [1.82, 2.24) is 0 Å². The molecular formula is C46H57NS. The van der Waals surface area contributed by atoms with E-state index in [-0.39, 0.29) is 5.41 Å². The van der Waals surface area contributed by atoms with Gasteiger partial charge in [-0.15, -0.1) is 6.42 Å². The van der Waals surface area contributed by atoms with E-state index in [2.05, 4.69) is 158 Å². The van der Waals surface area contributed by atoms with E-state index in [1.165, 1.54) is 50.0 Å². The van der Waals surface area contributed by atoms with E-state index in [9.17, 15) is 0 Å². The van der Waals surface area contributed by atoms with Gasteiger partial charge in [0, 0.05) is 27.9 Å². The zero-order valence-electron chi connectivity index (χ0n) is 30.8. The summed E-state index contributed by atoms with van der Waals surface area (Å²) in [6.45, 7) is 23.6. The highest BCUT2D eigenvalue weighted by Gasteiger charge is 2.36. The third-order valence-electron chi connectivity index (χ3n) is 8.50. The summed E-state index contributed by atoms with van der Waals surface area (Å²) in [5.74, 6) is 3.74. The molecule has 0 amide bonds. The molecule has 2 aromatic carbocycles. The molecule has 0 heterocycles. The van der Waals surface area contributed by atoms with Crippen LogP contribution in [-0.4, -0.2) is 12.0 Å². The summed E-state index contributed by atoms with van der Waals surface area (Å²) < 4.78 is 0. The molecule has 0 spiro atoms. The summed E-state index contributed by atoms with van der Waals surface area (Å²) in [4.78, 5) is 2.40. The van der Waals surface area contributed by atoms with Crippen molar-refractivity contribution in [3.63, 3.8) is 0 Å². The lowest BCUT2D eigenvalue weighted by atomic mass is 9.81. The highest BCUT2D eigenvalue weighted by molar-refractivity contribution is 7.98. The van der Waals surface area contributed by atoms with Gasteiger partial charge in [0.1, 0.15) is 0 Å². The Morgan fingerprint density at radius 2 is 1.73 bits per heavy atom. The van der Waals surface area contributed by atoms with Gasteiger partial charge in [-0.2, -0.15) is 11.8 Å². The van der Waals surface area contributed by atoms with Crippen LogP contribution in [0.15, 0.2) is 162 Å². The van der Waals surface area contributed by atoms with Gasteiger partial charge in [-0.3, -0.25) is 0 Å². The van der Waals surface area contributed by atoms with Crippen molar-refractivity contribution in [2.75, 3.05) is 16.9 Å². The molecule has 0 saturated carbocycles. The number of hydrogen-bond acceptors (Lipinski definition) is 2. The molecule has 2 aromatic rings. The molecule has 0 unspecified atom stereocenters. The number of allylic oxidation sites excluding steroid dienone is 17. The summed E-state index contributed by atoms with van der Waals surface area (Å²) in [7, 11) is 0. The third kappa shape index (κ3) is 10.9. The first-order valence-electron chi connectivity index (χ1n) is 17.1. The maximum atomic E-state index is 5.53. The highest BCUT2D eigenvalue weighted by atomic mass is 32.2. The number of nitrogens with zero attached hydrogens (tertiary/aromatic N) is 1. The van der Waals surface area contributed by atoms with Crippen LogP contribution in [0.25, 0.3) is 10.8 Å². The molecule has 0 radical (unpaired) electrons. The Labute approximate surface area is 297 Å². The smallest absolute Gasteiger partial charge is 0.0533 e. The van der Waals surface area contributed by atoms with Crippen LogP contribution in [-0.2, 0) is 0 Å². The van der Waals surface area contributed by atoms with E-state index in [1.54, 1.807) is 12.2 Å². The van der Waals surface area contributed by atoms with Gasteiger partial charge in [0.2, 0.25) is 0 Å². The van der Waals surface area contributed by atoms with Gasteiger partial charge in [0.05, 0.1) is 5.69 Å². The van der Waals surface area contributed by atoms with Crippen LogP contribution in [0.1, 0.15) is 74.1 Å². The molecule has 0 saturated heterocycles. The molecule has 2 heteroatoms. The maximum Gasteiger partial charge on any atom is 0.0533 e. The van der Waals surface area contributed by atoms with E-state index >= 15 is 0 Å². The monoisotopic (exact) mass is 655 g/mol.